The Labute approximate surface area is 175 Å². The monoisotopic (exact) mass is 416 g/mol. The number of thiazole rings is 1. The van der Waals surface area contributed by atoms with Crippen molar-refractivity contribution in [1.29, 1.82) is 0 Å². The zero-order valence-electron chi connectivity index (χ0n) is 15.9. The summed E-state index contributed by atoms with van der Waals surface area (Å²) in [7, 11) is 1.45. The Bertz CT molecular complexity index is 1420. The van der Waals surface area contributed by atoms with Crippen molar-refractivity contribution in [2.75, 3.05) is 12.8 Å². The molecule has 0 spiro atoms. The molecule has 0 aliphatic carbocycles. The Morgan fingerprint density at radius 2 is 1.70 bits per heavy atom. The molecule has 0 bridgehead atoms. The van der Waals surface area contributed by atoms with Gasteiger partial charge in [0.2, 0.25) is 11.2 Å². The van der Waals surface area contributed by atoms with Gasteiger partial charge in [-0.2, -0.15) is 0 Å². The summed E-state index contributed by atoms with van der Waals surface area (Å²) in [5.74, 6) is 1.92. The summed E-state index contributed by atoms with van der Waals surface area (Å²) >= 11 is 1.25. The van der Waals surface area contributed by atoms with Crippen LogP contribution in [0.15, 0.2) is 75.9 Å². The Morgan fingerprint density at radius 1 is 0.967 bits per heavy atom. The summed E-state index contributed by atoms with van der Waals surface area (Å²) in [6.07, 6.45) is 0. The number of methoxy groups -OCH3 is 1. The second-order valence-corrected chi connectivity index (χ2v) is 7.60. The van der Waals surface area contributed by atoms with E-state index < -0.39 is 0 Å². The van der Waals surface area contributed by atoms with Crippen LogP contribution in [0.5, 0.6) is 17.2 Å². The first-order valence-electron chi connectivity index (χ1n) is 9.17. The van der Waals surface area contributed by atoms with Gasteiger partial charge >= 0.3 is 0 Å². The third kappa shape index (κ3) is 3.05. The molecule has 0 amide bonds. The summed E-state index contributed by atoms with van der Waals surface area (Å²) in [6.45, 7) is 0. The number of hydrogen-bond donors (Lipinski definition) is 1. The zero-order valence-corrected chi connectivity index (χ0v) is 16.7. The van der Waals surface area contributed by atoms with Gasteiger partial charge in [0.05, 0.1) is 22.7 Å². The molecule has 0 radical (unpaired) electrons. The molecule has 2 N–H and O–H groups in total. The van der Waals surface area contributed by atoms with Crippen molar-refractivity contribution >= 4 is 37.7 Å². The molecule has 3 aromatic carbocycles. The topological polar surface area (TPSA) is 87.6 Å². The average molecular weight is 416 g/mol. The number of hydrogen-bond acceptors (Lipinski definition) is 7. The zero-order chi connectivity index (χ0) is 20.7. The van der Waals surface area contributed by atoms with Gasteiger partial charge in [-0.25, -0.2) is 4.98 Å². The third-order valence-corrected chi connectivity index (χ3v) is 5.60. The number of benzene rings is 3. The summed E-state index contributed by atoms with van der Waals surface area (Å²) < 4.78 is 18.1. The van der Waals surface area contributed by atoms with Crippen LogP contribution < -0.4 is 20.6 Å². The number of nitrogen functional groups attached to an aromatic ring is 1. The summed E-state index contributed by atoms with van der Waals surface area (Å²) in [4.78, 5) is 17.5. The Kier molecular flexibility index (Phi) is 4.37. The van der Waals surface area contributed by atoms with E-state index in [1.807, 2.05) is 54.6 Å². The number of aromatic nitrogens is 1. The SMILES string of the molecule is COc1c(-c2ccc(Oc3ccccc3)cc2)oc2ccc3nc(N)sc3c2c1=O. The Morgan fingerprint density at radius 3 is 2.43 bits per heavy atom. The van der Waals surface area contributed by atoms with Gasteiger partial charge in [-0.15, -0.1) is 0 Å². The Balaban J connectivity index is 1.61. The molecule has 0 fully saturated rings. The minimum Gasteiger partial charge on any atom is -0.490 e. The van der Waals surface area contributed by atoms with Crippen LogP contribution in [0.1, 0.15) is 0 Å². The standard InChI is InChI=1S/C23H16N2O4S/c1-27-21-19(26)18-17(12-11-16-22(18)30-23(24)25-16)29-20(21)13-7-9-15(10-8-13)28-14-5-3-2-4-6-14/h2-12H,1H3,(H2,24,25). The molecular formula is C23H16N2O4S. The second kappa shape index (κ2) is 7.20. The molecule has 6 nitrogen and oxygen atoms in total. The van der Waals surface area contributed by atoms with Crippen LogP contribution in [-0.4, -0.2) is 12.1 Å². The number of nitrogens with zero attached hydrogens (tertiary/aromatic N) is 1. The van der Waals surface area contributed by atoms with Crippen molar-refractivity contribution in [3.63, 3.8) is 0 Å². The molecule has 0 saturated heterocycles. The number of rotatable bonds is 4. The van der Waals surface area contributed by atoms with Crippen molar-refractivity contribution < 1.29 is 13.9 Å². The second-order valence-electron chi connectivity index (χ2n) is 6.57. The predicted molar refractivity (Wildman–Crippen MR) is 119 cm³/mol. The van der Waals surface area contributed by atoms with Gasteiger partial charge in [-0.1, -0.05) is 29.5 Å². The first-order valence-corrected chi connectivity index (χ1v) is 9.99. The summed E-state index contributed by atoms with van der Waals surface area (Å²) in [5.41, 5.74) is 7.39. The summed E-state index contributed by atoms with van der Waals surface area (Å²) in [5, 5.41) is 0.820. The number of anilines is 1. The fraction of sp³-hybridized carbons (Fsp3) is 0.0435. The number of fused-ring (bicyclic) bond motifs is 3. The quantitative estimate of drug-likeness (QED) is 0.419. The molecule has 5 rings (SSSR count). The van der Waals surface area contributed by atoms with E-state index in [0.29, 0.717) is 43.4 Å². The highest BCUT2D eigenvalue weighted by Crippen LogP contribution is 2.36. The summed E-state index contributed by atoms with van der Waals surface area (Å²) in [6, 6.07) is 20.3. The maximum atomic E-state index is 13.2. The predicted octanol–water partition coefficient (Wildman–Crippen LogP) is 5.45. The third-order valence-electron chi connectivity index (χ3n) is 4.69. The molecule has 7 heteroatoms. The molecule has 0 aliphatic heterocycles. The first kappa shape index (κ1) is 18.2. The highest BCUT2D eigenvalue weighted by atomic mass is 32.1. The fourth-order valence-electron chi connectivity index (χ4n) is 3.34. The van der Waals surface area contributed by atoms with E-state index in [1.54, 1.807) is 12.1 Å². The van der Waals surface area contributed by atoms with Gasteiger partial charge in [0.1, 0.15) is 17.1 Å². The number of ether oxygens (including phenoxy) is 2. The molecule has 2 aromatic heterocycles. The first-order chi connectivity index (χ1) is 14.6. The highest BCUT2D eigenvalue weighted by molar-refractivity contribution is 7.23. The average Bonchev–Trinajstić information content (AvgIpc) is 3.15. The van der Waals surface area contributed by atoms with E-state index in [1.165, 1.54) is 18.4 Å². The van der Waals surface area contributed by atoms with Crippen LogP contribution in [0.25, 0.3) is 32.5 Å². The van der Waals surface area contributed by atoms with Crippen molar-refractivity contribution in [3.05, 3.63) is 77.0 Å². The molecule has 0 atom stereocenters. The molecule has 148 valence electrons. The van der Waals surface area contributed by atoms with Crippen molar-refractivity contribution in [1.82, 2.24) is 4.98 Å². The van der Waals surface area contributed by atoms with Crippen LogP contribution >= 0.6 is 11.3 Å². The molecule has 0 unspecified atom stereocenters. The van der Waals surface area contributed by atoms with Crippen molar-refractivity contribution in [2.24, 2.45) is 0 Å². The van der Waals surface area contributed by atoms with E-state index in [0.717, 1.165) is 5.75 Å². The fourth-order valence-corrected chi connectivity index (χ4v) is 4.21. The lowest BCUT2D eigenvalue weighted by Gasteiger charge is -2.10. The van der Waals surface area contributed by atoms with Crippen molar-refractivity contribution in [3.8, 4) is 28.6 Å². The smallest absolute Gasteiger partial charge is 0.236 e. The lowest BCUT2D eigenvalue weighted by atomic mass is 10.1. The van der Waals surface area contributed by atoms with E-state index in [-0.39, 0.29) is 11.2 Å². The van der Waals surface area contributed by atoms with E-state index in [2.05, 4.69) is 4.98 Å². The van der Waals surface area contributed by atoms with E-state index in [9.17, 15) is 4.79 Å². The number of para-hydroxylation sites is 1. The molecule has 5 aromatic rings. The van der Waals surface area contributed by atoms with Crippen LogP contribution in [0.2, 0.25) is 0 Å². The van der Waals surface area contributed by atoms with Gasteiger partial charge in [0.15, 0.2) is 10.9 Å². The normalized spacial score (nSPS) is 11.1. The van der Waals surface area contributed by atoms with Gasteiger partial charge in [0.25, 0.3) is 0 Å². The molecule has 0 aliphatic rings. The van der Waals surface area contributed by atoms with Crippen molar-refractivity contribution in [2.45, 2.75) is 0 Å². The highest BCUT2D eigenvalue weighted by Gasteiger charge is 2.20. The maximum Gasteiger partial charge on any atom is 0.236 e. The maximum absolute atomic E-state index is 13.2. The van der Waals surface area contributed by atoms with Crippen LogP contribution in [-0.2, 0) is 0 Å². The lowest BCUT2D eigenvalue weighted by Crippen LogP contribution is -2.07. The largest absolute Gasteiger partial charge is 0.490 e. The van der Waals surface area contributed by atoms with Gasteiger partial charge in [-0.3, -0.25) is 4.79 Å². The van der Waals surface area contributed by atoms with Crippen LogP contribution in [0.4, 0.5) is 5.13 Å². The van der Waals surface area contributed by atoms with Gasteiger partial charge in [0, 0.05) is 5.56 Å². The molecule has 2 heterocycles. The Hall–Kier alpha value is -3.84. The van der Waals surface area contributed by atoms with E-state index in [4.69, 9.17) is 19.6 Å². The molecular weight excluding hydrogens is 400 g/mol. The molecule has 0 saturated carbocycles. The van der Waals surface area contributed by atoms with Crippen LogP contribution in [0.3, 0.4) is 0 Å². The molecule has 30 heavy (non-hydrogen) atoms. The van der Waals surface area contributed by atoms with Gasteiger partial charge in [-0.05, 0) is 48.5 Å². The van der Waals surface area contributed by atoms with Crippen LogP contribution in [0, 0.1) is 0 Å². The minimum atomic E-state index is -0.257. The minimum absolute atomic E-state index is 0.138. The van der Waals surface area contributed by atoms with E-state index >= 15 is 0 Å². The number of nitrogens with two attached hydrogens (primary N) is 1. The lowest BCUT2D eigenvalue weighted by molar-refractivity contribution is 0.399. The van der Waals surface area contributed by atoms with Gasteiger partial charge < -0.3 is 19.6 Å².